The molecule has 0 fully saturated rings. The van der Waals surface area contributed by atoms with Gasteiger partial charge in [0.15, 0.2) is 0 Å². The van der Waals surface area contributed by atoms with Crippen molar-refractivity contribution in [2.45, 2.75) is 51.8 Å². The van der Waals surface area contributed by atoms with Gasteiger partial charge in [0.1, 0.15) is 12.1 Å². The molecule has 0 atom stereocenters. The highest BCUT2D eigenvalue weighted by molar-refractivity contribution is 5.71. The van der Waals surface area contributed by atoms with E-state index in [-0.39, 0.29) is 24.7 Å². The molecule has 4 nitrogen and oxygen atoms in total. The van der Waals surface area contributed by atoms with Gasteiger partial charge in [0, 0.05) is 6.54 Å². The zero-order valence-electron chi connectivity index (χ0n) is 18.4. The summed E-state index contributed by atoms with van der Waals surface area (Å²) in [4.78, 5) is 17.7. The van der Waals surface area contributed by atoms with Crippen LogP contribution in [-0.2, 0) is 39.7 Å². The molecule has 10 heteroatoms. The predicted octanol–water partition coefficient (Wildman–Crippen LogP) is 6.04. The van der Waals surface area contributed by atoms with E-state index in [0.717, 1.165) is 5.56 Å². The second-order valence-corrected chi connectivity index (χ2v) is 8.37. The summed E-state index contributed by atoms with van der Waals surface area (Å²) in [5, 5.41) is 1.18. The molecule has 0 bridgehead atoms. The van der Waals surface area contributed by atoms with Gasteiger partial charge in [0.2, 0.25) is 0 Å². The van der Waals surface area contributed by atoms with Gasteiger partial charge in [-0.15, -0.1) is 0 Å². The summed E-state index contributed by atoms with van der Waals surface area (Å²) in [6, 6.07) is 10.4. The van der Waals surface area contributed by atoms with Gasteiger partial charge in [-0.2, -0.15) is 31.4 Å². The lowest BCUT2D eigenvalue weighted by atomic mass is 10.1. The molecule has 0 aliphatic heterocycles. The van der Waals surface area contributed by atoms with Crippen molar-refractivity contribution < 1.29 is 40.7 Å². The molecule has 0 saturated heterocycles. The summed E-state index contributed by atoms with van der Waals surface area (Å²) in [6.45, 7) is 4.22. The monoisotopic (exact) mass is 477 g/mol. The van der Waals surface area contributed by atoms with Gasteiger partial charge in [-0.05, 0) is 56.5 Å². The normalized spacial score (nSPS) is 12.8. The molecule has 0 aliphatic rings. The van der Waals surface area contributed by atoms with Crippen LogP contribution in [0.3, 0.4) is 0 Å². The summed E-state index contributed by atoms with van der Waals surface area (Å²) in [7, 11) is 0. The van der Waals surface area contributed by atoms with Crippen molar-refractivity contribution in [3.05, 3.63) is 70.8 Å². The zero-order valence-corrected chi connectivity index (χ0v) is 18.4. The predicted molar refractivity (Wildman–Crippen MR) is 109 cm³/mol. The Hall–Kier alpha value is -2.59. The van der Waals surface area contributed by atoms with E-state index in [9.17, 15) is 31.1 Å². The van der Waals surface area contributed by atoms with E-state index in [1.165, 1.54) is 5.06 Å². The third kappa shape index (κ3) is 9.43. The molecule has 0 saturated carbocycles. The van der Waals surface area contributed by atoms with E-state index in [1.54, 1.807) is 20.8 Å². The topological polar surface area (TPSA) is 38.8 Å². The molecule has 2 aromatic rings. The van der Waals surface area contributed by atoms with Crippen LogP contribution in [0.2, 0.25) is 0 Å². The lowest BCUT2D eigenvalue weighted by molar-refractivity contribution is -0.192. The fourth-order valence-electron chi connectivity index (χ4n) is 2.87. The Kier molecular flexibility index (Phi) is 8.53. The molecule has 0 amide bonds. The van der Waals surface area contributed by atoms with E-state index < -0.39 is 41.7 Å². The average molecular weight is 477 g/mol. The minimum Gasteiger partial charge on any atom is -0.459 e. The number of nitrogens with zero attached hydrogens (tertiary/aromatic N) is 1. The van der Waals surface area contributed by atoms with Crippen LogP contribution in [0.1, 0.15) is 43.0 Å². The summed E-state index contributed by atoms with van der Waals surface area (Å²) < 4.78 is 83.8. The fraction of sp³-hybridized carbons (Fsp3) is 0.435. The van der Waals surface area contributed by atoms with Gasteiger partial charge in [-0.25, -0.2) is 0 Å². The van der Waals surface area contributed by atoms with E-state index in [4.69, 9.17) is 9.57 Å². The van der Waals surface area contributed by atoms with Crippen molar-refractivity contribution in [3.63, 3.8) is 0 Å². The van der Waals surface area contributed by atoms with Crippen LogP contribution >= 0.6 is 0 Å². The second kappa shape index (κ2) is 10.6. The maximum atomic E-state index is 13.1. The number of carbonyl (C=O) groups is 1. The maximum absolute atomic E-state index is 13.1. The van der Waals surface area contributed by atoms with Crippen LogP contribution in [0.5, 0.6) is 0 Å². The number of alkyl halides is 6. The molecule has 0 spiro atoms. The third-order valence-corrected chi connectivity index (χ3v) is 4.28. The molecule has 0 radical (unpaired) electrons. The van der Waals surface area contributed by atoms with Crippen molar-refractivity contribution in [1.29, 1.82) is 0 Å². The number of hydroxylamine groups is 2. The fourth-order valence-corrected chi connectivity index (χ4v) is 2.87. The van der Waals surface area contributed by atoms with Gasteiger partial charge in [0.05, 0.1) is 17.7 Å². The first-order valence-corrected chi connectivity index (χ1v) is 10.1. The van der Waals surface area contributed by atoms with Crippen LogP contribution in [0.4, 0.5) is 26.3 Å². The summed E-state index contributed by atoms with van der Waals surface area (Å²) in [5.74, 6) is -0.643. The second-order valence-electron chi connectivity index (χ2n) is 8.37. The first-order chi connectivity index (χ1) is 15.1. The molecule has 0 aliphatic carbocycles. The van der Waals surface area contributed by atoms with Crippen molar-refractivity contribution in [2.75, 3.05) is 13.1 Å². The Bertz CT molecular complexity index is 888. The molecule has 182 valence electrons. The smallest absolute Gasteiger partial charge is 0.416 e. The lowest BCUT2D eigenvalue weighted by Crippen LogP contribution is -2.36. The molecule has 33 heavy (non-hydrogen) atoms. The number of benzene rings is 2. The Balaban J connectivity index is 2.19. The van der Waals surface area contributed by atoms with Crippen LogP contribution in [0, 0.1) is 0 Å². The van der Waals surface area contributed by atoms with E-state index in [0.29, 0.717) is 18.6 Å². The molecule has 0 unspecified atom stereocenters. The van der Waals surface area contributed by atoms with Gasteiger partial charge in [-0.3, -0.25) is 9.63 Å². The molecule has 0 heterocycles. The SMILES string of the molecule is CC(C)(C)OC(=O)CN(CCc1ccccc1)OCc1cc(C(F)(F)F)cc(C(F)(F)F)c1. The van der Waals surface area contributed by atoms with E-state index >= 15 is 0 Å². The molecular formula is C23H25F6NO3. The Labute approximate surface area is 188 Å². The number of hydrogen-bond donors (Lipinski definition) is 0. The highest BCUT2D eigenvalue weighted by Gasteiger charge is 2.37. The standard InChI is InChI=1S/C23H25F6NO3/c1-21(2,3)33-20(31)14-30(10-9-16-7-5-4-6-8-16)32-15-17-11-18(22(24,25)26)13-19(12-17)23(27,28)29/h4-8,11-13H,9-10,14-15H2,1-3H3. The Morgan fingerprint density at radius 3 is 1.88 bits per heavy atom. The lowest BCUT2D eigenvalue weighted by Gasteiger charge is -2.25. The highest BCUT2D eigenvalue weighted by atomic mass is 19.4. The van der Waals surface area contributed by atoms with Gasteiger partial charge in [-0.1, -0.05) is 30.3 Å². The van der Waals surface area contributed by atoms with Crippen molar-refractivity contribution >= 4 is 5.97 Å². The van der Waals surface area contributed by atoms with E-state index in [1.807, 2.05) is 30.3 Å². The van der Waals surface area contributed by atoms with Gasteiger partial charge >= 0.3 is 18.3 Å². The van der Waals surface area contributed by atoms with Crippen molar-refractivity contribution in [2.24, 2.45) is 0 Å². The zero-order chi connectivity index (χ0) is 24.9. The number of rotatable bonds is 8. The number of ether oxygens (including phenoxy) is 1. The highest BCUT2D eigenvalue weighted by Crippen LogP contribution is 2.36. The van der Waals surface area contributed by atoms with Crippen LogP contribution in [-0.4, -0.2) is 29.7 Å². The van der Waals surface area contributed by atoms with Crippen LogP contribution < -0.4 is 0 Å². The number of hydrogen-bond acceptors (Lipinski definition) is 4. The molecule has 2 rings (SSSR count). The number of esters is 1. The maximum Gasteiger partial charge on any atom is 0.416 e. The van der Waals surface area contributed by atoms with Crippen LogP contribution in [0.25, 0.3) is 0 Å². The number of halogens is 6. The van der Waals surface area contributed by atoms with Crippen molar-refractivity contribution in [1.82, 2.24) is 5.06 Å². The minimum absolute atomic E-state index is 0.0529. The molecule has 0 aromatic heterocycles. The van der Waals surface area contributed by atoms with Crippen molar-refractivity contribution in [3.8, 4) is 0 Å². The molecule has 0 N–H and O–H groups in total. The molecular weight excluding hydrogens is 452 g/mol. The Morgan fingerprint density at radius 2 is 1.39 bits per heavy atom. The average Bonchev–Trinajstić information content (AvgIpc) is 2.68. The molecule has 2 aromatic carbocycles. The third-order valence-electron chi connectivity index (χ3n) is 4.28. The summed E-state index contributed by atoms with van der Waals surface area (Å²) in [5.41, 5.74) is -3.05. The first-order valence-electron chi connectivity index (χ1n) is 10.1. The van der Waals surface area contributed by atoms with Crippen LogP contribution in [0.15, 0.2) is 48.5 Å². The Morgan fingerprint density at radius 1 is 0.848 bits per heavy atom. The first kappa shape index (κ1) is 26.7. The quantitative estimate of drug-likeness (QED) is 0.264. The summed E-state index contributed by atoms with van der Waals surface area (Å²) in [6.07, 6.45) is -9.49. The number of carbonyl (C=O) groups excluding carboxylic acids is 1. The van der Waals surface area contributed by atoms with Gasteiger partial charge in [0.25, 0.3) is 0 Å². The van der Waals surface area contributed by atoms with E-state index in [2.05, 4.69) is 0 Å². The van der Waals surface area contributed by atoms with Gasteiger partial charge < -0.3 is 4.74 Å². The minimum atomic E-state index is -4.96. The largest absolute Gasteiger partial charge is 0.459 e. The summed E-state index contributed by atoms with van der Waals surface area (Å²) >= 11 is 0.